The number of H-pyrrole nitrogens is 1. The summed E-state index contributed by atoms with van der Waals surface area (Å²) in [7, 11) is 0. The van der Waals surface area contributed by atoms with Crippen LogP contribution in [0, 0.1) is 0 Å². The van der Waals surface area contributed by atoms with Gasteiger partial charge in [0.25, 0.3) is 0 Å². The number of hydrogen-bond acceptors (Lipinski definition) is 2. The topological polar surface area (TPSA) is 40.7 Å². The van der Waals surface area contributed by atoms with Gasteiger partial charge in [-0.05, 0) is 31.5 Å². The summed E-state index contributed by atoms with van der Waals surface area (Å²) in [6.07, 6.45) is 4.39. The third kappa shape index (κ3) is 2.28. The van der Waals surface area contributed by atoms with Crippen LogP contribution in [0.4, 0.5) is 0 Å². The highest BCUT2D eigenvalue weighted by atomic mass is 79.9. The van der Waals surface area contributed by atoms with Crippen molar-refractivity contribution in [1.29, 1.82) is 0 Å². The quantitative estimate of drug-likeness (QED) is 0.892. The number of rotatable bonds is 2. The van der Waals surface area contributed by atoms with Crippen LogP contribution in [0.1, 0.15) is 24.6 Å². The number of imidazole rings is 1. The largest absolute Gasteiger partial charge is 0.341 e. The van der Waals surface area contributed by atoms with Crippen molar-refractivity contribution in [2.45, 2.75) is 18.9 Å². The van der Waals surface area contributed by atoms with Crippen LogP contribution in [-0.4, -0.2) is 16.5 Å². The number of aromatic amines is 1. The first-order chi connectivity index (χ1) is 8.33. The van der Waals surface area contributed by atoms with E-state index in [-0.39, 0.29) is 0 Å². The van der Waals surface area contributed by atoms with Crippen LogP contribution < -0.4 is 5.32 Å². The number of benzene rings is 1. The maximum absolute atomic E-state index is 4.45. The second-order valence-electron chi connectivity index (χ2n) is 4.34. The molecule has 3 rings (SSSR count). The standard InChI is InChI=1S/C13H14BrN3/c14-10-5-3-9(4-6-10)13-16-8-12(17-13)11-2-1-7-15-11/h3-6,8,11,15H,1-2,7H2,(H,16,17). The average molecular weight is 292 g/mol. The SMILES string of the molecule is Brc1ccc(-c2ncc(C3CCCN3)[nH]2)cc1. The van der Waals surface area contributed by atoms with Crippen molar-refractivity contribution < 1.29 is 0 Å². The van der Waals surface area contributed by atoms with Crippen LogP contribution in [0.25, 0.3) is 11.4 Å². The summed E-state index contributed by atoms with van der Waals surface area (Å²) in [5.41, 5.74) is 2.32. The lowest BCUT2D eigenvalue weighted by Crippen LogP contribution is -2.12. The Balaban J connectivity index is 1.86. The van der Waals surface area contributed by atoms with E-state index in [1.165, 1.54) is 18.5 Å². The molecule has 0 spiro atoms. The molecule has 0 amide bonds. The minimum absolute atomic E-state index is 0.451. The first-order valence-electron chi connectivity index (χ1n) is 5.87. The summed E-state index contributed by atoms with van der Waals surface area (Å²) in [6.45, 7) is 1.11. The Hall–Kier alpha value is -1.13. The Morgan fingerprint density at radius 3 is 2.76 bits per heavy atom. The van der Waals surface area contributed by atoms with Crippen molar-refractivity contribution in [2.24, 2.45) is 0 Å². The van der Waals surface area contributed by atoms with Crippen LogP contribution in [-0.2, 0) is 0 Å². The minimum Gasteiger partial charge on any atom is -0.341 e. The summed E-state index contributed by atoms with van der Waals surface area (Å²) < 4.78 is 1.09. The van der Waals surface area contributed by atoms with E-state index in [0.717, 1.165) is 22.4 Å². The first-order valence-corrected chi connectivity index (χ1v) is 6.66. The van der Waals surface area contributed by atoms with Gasteiger partial charge in [0.1, 0.15) is 5.82 Å². The lowest BCUT2D eigenvalue weighted by Gasteiger charge is -2.06. The van der Waals surface area contributed by atoms with Gasteiger partial charge in [-0.25, -0.2) is 4.98 Å². The maximum atomic E-state index is 4.45. The lowest BCUT2D eigenvalue weighted by atomic mass is 10.2. The number of nitrogens with zero attached hydrogens (tertiary/aromatic N) is 1. The Bertz CT molecular complexity index is 498. The van der Waals surface area contributed by atoms with Crippen LogP contribution >= 0.6 is 15.9 Å². The van der Waals surface area contributed by atoms with Gasteiger partial charge in [-0.2, -0.15) is 0 Å². The number of hydrogen-bond donors (Lipinski definition) is 2. The van der Waals surface area contributed by atoms with Gasteiger partial charge in [0.2, 0.25) is 0 Å². The molecule has 4 heteroatoms. The fraction of sp³-hybridized carbons (Fsp3) is 0.308. The van der Waals surface area contributed by atoms with Crippen LogP contribution in [0.3, 0.4) is 0 Å². The van der Waals surface area contributed by atoms with Gasteiger partial charge >= 0.3 is 0 Å². The predicted octanol–water partition coefficient (Wildman–Crippen LogP) is 3.26. The van der Waals surface area contributed by atoms with Gasteiger partial charge in [-0.1, -0.05) is 28.1 Å². The van der Waals surface area contributed by atoms with Gasteiger partial charge in [0.15, 0.2) is 0 Å². The normalized spacial score (nSPS) is 19.7. The molecule has 3 nitrogen and oxygen atoms in total. The second kappa shape index (κ2) is 4.63. The van der Waals surface area contributed by atoms with Crippen molar-refractivity contribution in [1.82, 2.24) is 15.3 Å². The van der Waals surface area contributed by atoms with E-state index in [1.807, 2.05) is 18.3 Å². The van der Waals surface area contributed by atoms with E-state index in [4.69, 9.17) is 0 Å². The number of aromatic nitrogens is 2. The van der Waals surface area contributed by atoms with Crippen molar-refractivity contribution in [2.75, 3.05) is 6.54 Å². The van der Waals surface area contributed by atoms with Gasteiger partial charge in [-0.3, -0.25) is 0 Å². The van der Waals surface area contributed by atoms with Crippen molar-refractivity contribution in [3.05, 3.63) is 40.6 Å². The van der Waals surface area contributed by atoms with E-state index < -0.39 is 0 Å². The summed E-state index contributed by atoms with van der Waals surface area (Å²) in [5.74, 6) is 0.946. The van der Waals surface area contributed by atoms with Crippen molar-refractivity contribution in [3.63, 3.8) is 0 Å². The highest BCUT2D eigenvalue weighted by Gasteiger charge is 2.18. The summed E-state index contributed by atoms with van der Waals surface area (Å²) in [5, 5.41) is 3.47. The molecule has 2 N–H and O–H groups in total. The van der Waals surface area contributed by atoms with E-state index in [0.29, 0.717) is 6.04 Å². The van der Waals surface area contributed by atoms with E-state index in [1.54, 1.807) is 0 Å². The van der Waals surface area contributed by atoms with Crippen LogP contribution in [0.5, 0.6) is 0 Å². The highest BCUT2D eigenvalue weighted by Crippen LogP contribution is 2.24. The molecular weight excluding hydrogens is 278 g/mol. The summed E-state index contributed by atoms with van der Waals surface area (Å²) in [6, 6.07) is 8.65. The third-order valence-electron chi connectivity index (χ3n) is 3.15. The molecule has 1 aliphatic rings. The Morgan fingerprint density at radius 1 is 1.24 bits per heavy atom. The number of nitrogens with one attached hydrogen (secondary N) is 2. The first kappa shape index (κ1) is 11.0. The van der Waals surface area contributed by atoms with E-state index in [2.05, 4.69) is 43.3 Å². The zero-order valence-corrected chi connectivity index (χ0v) is 11.0. The fourth-order valence-electron chi connectivity index (χ4n) is 2.22. The lowest BCUT2D eigenvalue weighted by molar-refractivity contribution is 0.632. The third-order valence-corrected chi connectivity index (χ3v) is 3.68. The molecule has 1 unspecified atom stereocenters. The van der Waals surface area contributed by atoms with E-state index in [9.17, 15) is 0 Å². The predicted molar refractivity (Wildman–Crippen MR) is 71.7 cm³/mol. The Morgan fingerprint density at radius 2 is 2.06 bits per heavy atom. The molecule has 88 valence electrons. The van der Waals surface area contributed by atoms with Gasteiger partial charge < -0.3 is 10.3 Å². The maximum Gasteiger partial charge on any atom is 0.137 e. The van der Waals surface area contributed by atoms with Gasteiger partial charge in [-0.15, -0.1) is 0 Å². The Kier molecular flexibility index (Phi) is 2.99. The monoisotopic (exact) mass is 291 g/mol. The van der Waals surface area contributed by atoms with Gasteiger partial charge in [0.05, 0.1) is 11.9 Å². The summed E-state index contributed by atoms with van der Waals surface area (Å²) in [4.78, 5) is 7.85. The zero-order chi connectivity index (χ0) is 11.7. The molecule has 2 aromatic rings. The molecular formula is C13H14BrN3. The molecule has 2 heterocycles. The zero-order valence-electron chi connectivity index (χ0n) is 9.41. The highest BCUT2D eigenvalue weighted by molar-refractivity contribution is 9.10. The molecule has 0 saturated carbocycles. The summed E-state index contributed by atoms with van der Waals surface area (Å²) >= 11 is 3.44. The molecule has 1 atom stereocenters. The fourth-order valence-corrected chi connectivity index (χ4v) is 2.48. The average Bonchev–Trinajstić information content (AvgIpc) is 3.00. The van der Waals surface area contributed by atoms with E-state index >= 15 is 0 Å². The van der Waals surface area contributed by atoms with Gasteiger partial charge in [0, 0.05) is 16.1 Å². The minimum atomic E-state index is 0.451. The molecule has 1 aliphatic heterocycles. The molecule has 1 saturated heterocycles. The van der Waals surface area contributed by atoms with Crippen molar-refractivity contribution >= 4 is 15.9 Å². The smallest absolute Gasteiger partial charge is 0.137 e. The molecule has 17 heavy (non-hydrogen) atoms. The molecule has 1 aromatic heterocycles. The molecule has 1 fully saturated rings. The molecule has 0 bridgehead atoms. The molecule has 0 aliphatic carbocycles. The second-order valence-corrected chi connectivity index (χ2v) is 5.26. The molecule has 1 aromatic carbocycles. The number of halogens is 1. The van der Waals surface area contributed by atoms with Crippen LogP contribution in [0.2, 0.25) is 0 Å². The van der Waals surface area contributed by atoms with Crippen molar-refractivity contribution in [3.8, 4) is 11.4 Å². The van der Waals surface area contributed by atoms with Crippen LogP contribution in [0.15, 0.2) is 34.9 Å². The Labute approximate surface area is 109 Å². The molecule has 0 radical (unpaired) electrons.